The van der Waals surface area contributed by atoms with Crippen molar-refractivity contribution < 1.29 is 0 Å². The summed E-state index contributed by atoms with van der Waals surface area (Å²) < 4.78 is 0. The molecule has 3 aliphatic rings. The standard InChI is InChI=1S/C26H35N7/c1-20-17-28-9-11-33(20)26-22-8-10-31(18-21-6-4-3-5-7-21)19-24(22)23(16-27)25(29-26)32-14-12-30(2)13-15-32/h3-7,20,28H,8-15,17-19H2,1-2H3. The van der Waals surface area contributed by atoms with E-state index in [1.54, 1.807) is 0 Å². The first-order valence-electron chi connectivity index (χ1n) is 12.3. The van der Waals surface area contributed by atoms with Crippen LogP contribution < -0.4 is 15.1 Å². The summed E-state index contributed by atoms with van der Waals surface area (Å²) in [5.74, 6) is 2.01. The molecule has 174 valence electrons. The molecule has 1 N–H and O–H groups in total. The summed E-state index contributed by atoms with van der Waals surface area (Å²) in [4.78, 5) is 14.9. The lowest BCUT2D eigenvalue weighted by molar-refractivity contribution is 0.245. The summed E-state index contributed by atoms with van der Waals surface area (Å²) in [6.45, 7) is 11.7. The Labute approximate surface area is 197 Å². The van der Waals surface area contributed by atoms with Crippen LogP contribution >= 0.6 is 0 Å². The average molecular weight is 446 g/mol. The van der Waals surface area contributed by atoms with Crippen LogP contribution in [0.15, 0.2) is 30.3 Å². The molecule has 0 amide bonds. The first-order chi connectivity index (χ1) is 16.1. The zero-order valence-electron chi connectivity index (χ0n) is 19.9. The van der Waals surface area contributed by atoms with Gasteiger partial charge < -0.3 is 20.0 Å². The molecule has 5 rings (SSSR count). The molecule has 0 bridgehead atoms. The highest BCUT2D eigenvalue weighted by Gasteiger charge is 2.32. The molecule has 1 unspecified atom stereocenters. The van der Waals surface area contributed by atoms with E-state index in [0.717, 1.165) is 89.1 Å². The van der Waals surface area contributed by atoms with Gasteiger partial charge in [0, 0.05) is 77.1 Å². The van der Waals surface area contributed by atoms with Crippen molar-refractivity contribution in [1.82, 2.24) is 20.1 Å². The fraction of sp³-hybridized carbons (Fsp3) is 0.538. The molecule has 4 heterocycles. The minimum atomic E-state index is 0.394. The second-order valence-electron chi connectivity index (χ2n) is 9.69. The Bertz CT molecular complexity index is 1010. The number of benzene rings is 1. The number of nitriles is 1. The molecule has 33 heavy (non-hydrogen) atoms. The van der Waals surface area contributed by atoms with E-state index in [2.05, 4.69) is 75.3 Å². The number of anilines is 2. The van der Waals surface area contributed by atoms with Crippen LogP contribution in [-0.4, -0.2) is 80.2 Å². The highest BCUT2D eigenvalue weighted by atomic mass is 15.3. The lowest BCUT2D eigenvalue weighted by Gasteiger charge is -2.40. The Balaban J connectivity index is 1.54. The molecule has 0 aliphatic carbocycles. The molecule has 0 spiro atoms. The quantitative estimate of drug-likeness (QED) is 0.773. The molecule has 0 saturated carbocycles. The minimum absolute atomic E-state index is 0.394. The van der Waals surface area contributed by atoms with Gasteiger partial charge in [0.15, 0.2) is 0 Å². The van der Waals surface area contributed by atoms with Gasteiger partial charge in [-0.3, -0.25) is 4.90 Å². The van der Waals surface area contributed by atoms with Crippen molar-refractivity contribution >= 4 is 11.6 Å². The van der Waals surface area contributed by atoms with Gasteiger partial charge in [-0.15, -0.1) is 0 Å². The van der Waals surface area contributed by atoms with Gasteiger partial charge in [-0.25, -0.2) is 4.98 Å². The second-order valence-corrected chi connectivity index (χ2v) is 9.69. The van der Waals surface area contributed by atoms with Crippen molar-refractivity contribution in [3.8, 4) is 6.07 Å². The third kappa shape index (κ3) is 4.56. The molecular weight excluding hydrogens is 410 g/mol. The summed E-state index contributed by atoms with van der Waals surface area (Å²) in [5.41, 5.74) is 4.61. The van der Waals surface area contributed by atoms with E-state index >= 15 is 0 Å². The first-order valence-corrected chi connectivity index (χ1v) is 12.3. The predicted octanol–water partition coefficient (Wildman–Crippen LogP) is 2.06. The molecule has 1 aromatic heterocycles. The largest absolute Gasteiger partial charge is 0.353 e. The number of nitrogens with one attached hydrogen (secondary N) is 1. The summed E-state index contributed by atoms with van der Waals surface area (Å²) in [6, 6.07) is 13.6. The van der Waals surface area contributed by atoms with Crippen LogP contribution in [0.3, 0.4) is 0 Å². The Morgan fingerprint density at radius 2 is 1.82 bits per heavy atom. The maximum absolute atomic E-state index is 10.3. The van der Waals surface area contributed by atoms with Gasteiger partial charge in [-0.1, -0.05) is 30.3 Å². The second kappa shape index (κ2) is 9.68. The fourth-order valence-corrected chi connectivity index (χ4v) is 5.39. The zero-order valence-corrected chi connectivity index (χ0v) is 19.9. The van der Waals surface area contributed by atoms with E-state index in [1.807, 2.05) is 0 Å². The van der Waals surface area contributed by atoms with Crippen LogP contribution in [-0.2, 0) is 19.5 Å². The van der Waals surface area contributed by atoms with Crippen molar-refractivity contribution in [3.63, 3.8) is 0 Å². The van der Waals surface area contributed by atoms with Crippen LogP contribution in [0.2, 0.25) is 0 Å². The number of rotatable bonds is 4. The average Bonchev–Trinajstić information content (AvgIpc) is 2.84. The smallest absolute Gasteiger partial charge is 0.149 e. The number of hydrogen-bond donors (Lipinski definition) is 1. The molecule has 7 heteroatoms. The zero-order chi connectivity index (χ0) is 22.8. The van der Waals surface area contributed by atoms with Crippen molar-refractivity contribution in [3.05, 3.63) is 52.6 Å². The van der Waals surface area contributed by atoms with E-state index < -0.39 is 0 Å². The number of aromatic nitrogens is 1. The Hall–Kier alpha value is -2.66. The van der Waals surface area contributed by atoms with Gasteiger partial charge in [0.1, 0.15) is 17.7 Å². The molecule has 1 aromatic carbocycles. The summed E-state index contributed by atoms with van der Waals surface area (Å²) in [5, 5.41) is 13.8. The molecule has 7 nitrogen and oxygen atoms in total. The third-order valence-corrected chi connectivity index (χ3v) is 7.37. The van der Waals surface area contributed by atoms with Gasteiger partial charge >= 0.3 is 0 Å². The van der Waals surface area contributed by atoms with Gasteiger partial charge in [0.25, 0.3) is 0 Å². The van der Waals surface area contributed by atoms with Crippen LogP contribution in [0.25, 0.3) is 0 Å². The normalized spacial score (nSPS) is 22.2. The monoisotopic (exact) mass is 445 g/mol. The van der Waals surface area contributed by atoms with E-state index in [4.69, 9.17) is 4.98 Å². The highest BCUT2D eigenvalue weighted by Crippen LogP contribution is 2.36. The van der Waals surface area contributed by atoms with E-state index in [0.29, 0.717) is 6.04 Å². The summed E-state index contributed by atoms with van der Waals surface area (Å²) in [6.07, 6.45) is 0.943. The van der Waals surface area contributed by atoms with Crippen molar-refractivity contribution in [2.75, 3.05) is 69.2 Å². The molecule has 3 aliphatic heterocycles. The van der Waals surface area contributed by atoms with E-state index in [9.17, 15) is 5.26 Å². The van der Waals surface area contributed by atoms with Crippen LogP contribution in [0, 0.1) is 11.3 Å². The van der Waals surface area contributed by atoms with Crippen LogP contribution in [0.5, 0.6) is 0 Å². The van der Waals surface area contributed by atoms with E-state index in [1.165, 1.54) is 16.7 Å². The minimum Gasteiger partial charge on any atom is -0.353 e. The number of nitrogens with zero attached hydrogens (tertiary/aromatic N) is 6. The number of likely N-dealkylation sites (N-methyl/N-ethyl adjacent to an activating group) is 1. The Morgan fingerprint density at radius 3 is 2.55 bits per heavy atom. The fourth-order valence-electron chi connectivity index (χ4n) is 5.39. The summed E-state index contributed by atoms with van der Waals surface area (Å²) in [7, 11) is 2.16. The third-order valence-electron chi connectivity index (χ3n) is 7.37. The molecule has 2 fully saturated rings. The lowest BCUT2D eigenvalue weighted by Crippen LogP contribution is -2.51. The van der Waals surface area contributed by atoms with Gasteiger partial charge in [0.2, 0.25) is 0 Å². The Kier molecular flexibility index (Phi) is 6.50. The van der Waals surface area contributed by atoms with Crippen molar-refractivity contribution in [1.29, 1.82) is 5.26 Å². The topological polar surface area (TPSA) is 61.7 Å². The van der Waals surface area contributed by atoms with Crippen molar-refractivity contribution in [2.45, 2.75) is 32.5 Å². The maximum atomic E-state index is 10.3. The summed E-state index contributed by atoms with van der Waals surface area (Å²) >= 11 is 0. The first kappa shape index (κ1) is 22.1. The number of piperazine rings is 2. The van der Waals surface area contributed by atoms with Crippen LogP contribution in [0.1, 0.15) is 29.2 Å². The lowest BCUT2D eigenvalue weighted by atomic mass is 9.94. The molecular formula is C26H35N7. The molecule has 1 atom stereocenters. The SMILES string of the molecule is CC1CNCCN1c1nc(N2CCN(C)CC2)c(C#N)c2c1CCN(Cc1ccccc1)C2. The molecule has 2 saturated heterocycles. The van der Waals surface area contributed by atoms with Gasteiger partial charge in [-0.2, -0.15) is 5.26 Å². The number of fused-ring (bicyclic) bond motifs is 1. The molecule has 0 radical (unpaired) electrons. The highest BCUT2D eigenvalue weighted by molar-refractivity contribution is 5.68. The Morgan fingerprint density at radius 1 is 1.03 bits per heavy atom. The van der Waals surface area contributed by atoms with Crippen molar-refractivity contribution in [2.24, 2.45) is 0 Å². The van der Waals surface area contributed by atoms with E-state index in [-0.39, 0.29) is 0 Å². The molecule has 2 aromatic rings. The van der Waals surface area contributed by atoms with Gasteiger partial charge in [-0.05, 0) is 31.5 Å². The van der Waals surface area contributed by atoms with Gasteiger partial charge in [0.05, 0.1) is 5.56 Å². The van der Waals surface area contributed by atoms with Crippen LogP contribution in [0.4, 0.5) is 11.6 Å². The number of hydrogen-bond acceptors (Lipinski definition) is 7. The number of pyridine rings is 1. The maximum Gasteiger partial charge on any atom is 0.149 e. The predicted molar refractivity (Wildman–Crippen MR) is 133 cm³/mol.